The van der Waals surface area contributed by atoms with E-state index in [1.165, 1.54) is 0 Å². The largest absolute Gasteiger partial charge is 0.416 e. The lowest BCUT2D eigenvalue weighted by atomic mass is 10.4. The van der Waals surface area contributed by atoms with E-state index >= 15 is 0 Å². The van der Waals surface area contributed by atoms with Gasteiger partial charge in [-0.3, -0.25) is 0 Å². The van der Waals surface area contributed by atoms with Crippen LogP contribution in [0.4, 0.5) is 0 Å². The van der Waals surface area contributed by atoms with Crippen LogP contribution < -0.4 is 13.7 Å². The summed E-state index contributed by atoms with van der Waals surface area (Å²) in [5, 5.41) is 0. The predicted octanol–water partition coefficient (Wildman–Crippen LogP) is -2.25. The predicted molar refractivity (Wildman–Crippen MR) is 56.2 cm³/mol. The van der Waals surface area contributed by atoms with Crippen LogP contribution in [0.1, 0.15) is 0 Å². The van der Waals surface area contributed by atoms with E-state index in [1.54, 1.807) is 0 Å². The molecule has 1 aromatic rings. The summed E-state index contributed by atoms with van der Waals surface area (Å²) in [6.45, 7) is 5.45. The molecule has 0 aliphatic carbocycles. The van der Waals surface area contributed by atoms with Gasteiger partial charge in [-0.15, -0.1) is 0 Å². The van der Waals surface area contributed by atoms with Crippen LogP contribution in [-0.4, -0.2) is 38.1 Å². The Labute approximate surface area is 105 Å². The van der Waals surface area contributed by atoms with Gasteiger partial charge in [-0.05, 0) is 0 Å². The molecule has 6 heteroatoms. The van der Waals surface area contributed by atoms with E-state index in [9.17, 15) is 0 Å². The van der Waals surface area contributed by atoms with E-state index in [1.807, 2.05) is 0 Å². The highest BCUT2D eigenvalue weighted by Gasteiger charge is 2.35. The molecule has 0 amide bonds. The molecule has 0 N–H and O–H groups in total. The van der Waals surface area contributed by atoms with Crippen molar-refractivity contribution in [1.29, 1.82) is 0 Å². The third kappa shape index (κ3) is 2.82. The standard InChI is InChI=1S/C12H18N3O3/c1(10-4-16-10)13-7-14(2-11-5-17-11)9-15(8-13)3-12-6-18-12/h7-12H,1-6H2/q+3. The van der Waals surface area contributed by atoms with Crippen LogP contribution in [-0.2, 0) is 33.8 Å². The second kappa shape index (κ2) is 4.22. The van der Waals surface area contributed by atoms with Crippen LogP contribution in [0, 0.1) is 0 Å². The van der Waals surface area contributed by atoms with Crippen LogP contribution in [0.5, 0.6) is 0 Å². The van der Waals surface area contributed by atoms with Gasteiger partial charge in [0.25, 0.3) is 0 Å². The summed E-state index contributed by atoms with van der Waals surface area (Å²) in [6, 6.07) is 0. The minimum atomic E-state index is 0.397. The number of hydrogen-bond acceptors (Lipinski definition) is 3. The zero-order valence-corrected chi connectivity index (χ0v) is 10.3. The van der Waals surface area contributed by atoms with Gasteiger partial charge in [0, 0.05) is 0 Å². The Hall–Kier alpha value is -1.11. The van der Waals surface area contributed by atoms with Gasteiger partial charge in [-0.25, -0.2) is 0 Å². The van der Waals surface area contributed by atoms with Crippen molar-refractivity contribution in [3.8, 4) is 0 Å². The quantitative estimate of drug-likeness (QED) is 0.424. The maximum Gasteiger partial charge on any atom is 0.416 e. The van der Waals surface area contributed by atoms with Crippen LogP contribution in [0.2, 0.25) is 0 Å². The molecule has 4 rings (SSSR count). The summed E-state index contributed by atoms with van der Waals surface area (Å²) >= 11 is 0. The molecule has 18 heavy (non-hydrogen) atoms. The molecule has 3 aliphatic rings. The molecule has 3 aliphatic heterocycles. The van der Waals surface area contributed by atoms with Crippen LogP contribution in [0.25, 0.3) is 0 Å². The number of aromatic nitrogens is 3. The lowest BCUT2D eigenvalue weighted by molar-refractivity contribution is -0.942. The van der Waals surface area contributed by atoms with Gasteiger partial charge in [0.05, 0.1) is 19.8 Å². The first-order valence-electron chi connectivity index (χ1n) is 6.52. The average Bonchev–Trinajstić information content (AvgIpc) is 3.17. The zero-order valence-electron chi connectivity index (χ0n) is 10.3. The molecule has 3 unspecified atom stereocenters. The molecule has 4 heterocycles. The summed E-state index contributed by atoms with van der Waals surface area (Å²) in [7, 11) is 0. The lowest BCUT2D eigenvalue weighted by Gasteiger charge is -1.94. The summed E-state index contributed by atoms with van der Waals surface area (Å²) < 4.78 is 22.5. The number of ether oxygens (including phenoxy) is 3. The van der Waals surface area contributed by atoms with Crippen molar-refractivity contribution in [2.45, 2.75) is 37.9 Å². The molecular formula is C12H18N3O3+3. The minimum absolute atomic E-state index is 0.397. The van der Waals surface area contributed by atoms with Crippen molar-refractivity contribution in [1.82, 2.24) is 0 Å². The molecule has 3 atom stereocenters. The molecular weight excluding hydrogens is 234 g/mol. The molecule has 0 bridgehead atoms. The fourth-order valence-electron chi connectivity index (χ4n) is 2.17. The Bertz CT molecular complexity index is 377. The second-order valence-corrected chi connectivity index (χ2v) is 5.30. The number of hydrogen-bond donors (Lipinski definition) is 0. The van der Waals surface area contributed by atoms with E-state index in [0.29, 0.717) is 18.3 Å². The molecule has 96 valence electrons. The van der Waals surface area contributed by atoms with Gasteiger partial charge in [0.2, 0.25) is 0 Å². The van der Waals surface area contributed by atoms with E-state index in [2.05, 4.69) is 32.7 Å². The maximum absolute atomic E-state index is 5.29. The summed E-state index contributed by atoms with van der Waals surface area (Å²) in [5.41, 5.74) is 0. The minimum Gasteiger partial charge on any atom is -0.366 e. The monoisotopic (exact) mass is 252 g/mol. The normalized spacial score (nSPS) is 32.3. The first-order valence-corrected chi connectivity index (χ1v) is 6.52. The van der Waals surface area contributed by atoms with E-state index in [4.69, 9.17) is 14.2 Å². The molecule has 3 saturated heterocycles. The lowest BCUT2D eigenvalue weighted by Crippen LogP contribution is -2.59. The van der Waals surface area contributed by atoms with Crippen LogP contribution >= 0.6 is 0 Å². The molecule has 0 aromatic carbocycles. The van der Waals surface area contributed by atoms with Gasteiger partial charge in [-0.1, -0.05) is 13.7 Å². The van der Waals surface area contributed by atoms with Gasteiger partial charge in [-0.2, -0.15) is 0 Å². The van der Waals surface area contributed by atoms with Crippen molar-refractivity contribution < 1.29 is 27.9 Å². The molecule has 0 spiro atoms. The van der Waals surface area contributed by atoms with Crippen molar-refractivity contribution in [3.63, 3.8) is 0 Å². The first kappa shape index (κ1) is 10.8. The highest BCUT2D eigenvalue weighted by molar-refractivity contribution is 4.64. The Morgan fingerprint density at radius 3 is 1.17 bits per heavy atom. The number of epoxide rings is 3. The Morgan fingerprint density at radius 1 is 0.667 bits per heavy atom. The van der Waals surface area contributed by atoms with E-state index in [0.717, 1.165) is 39.5 Å². The highest BCUT2D eigenvalue weighted by atomic mass is 16.6. The average molecular weight is 252 g/mol. The molecule has 0 radical (unpaired) electrons. The van der Waals surface area contributed by atoms with E-state index < -0.39 is 0 Å². The highest BCUT2D eigenvalue weighted by Crippen LogP contribution is 2.09. The SMILES string of the molecule is c1[n+](CC2CO2)c[n+](CC2CO2)c[n+]1CC1CO1. The van der Waals surface area contributed by atoms with Crippen LogP contribution in [0.3, 0.4) is 0 Å². The third-order valence-electron chi connectivity index (χ3n) is 3.34. The van der Waals surface area contributed by atoms with Crippen molar-refractivity contribution >= 4 is 0 Å². The Balaban J connectivity index is 1.54. The number of rotatable bonds is 6. The second-order valence-electron chi connectivity index (χ2n) is 5.30. The van der Waals surface area contributed by atoms with Crippen molar-refractivity contribution in [2.24, 2.45) is 0 Å². The van der Waals surface area contributed by atoms with Crippen molar-refractivity contribution in [2.75, 3.05) is 19.8 Å². The summed E-state index contributed by atoms with van der Waals surface area (Å²) in [5.74, 6) is 0. The Kier molecular flexibility index (Phi) is 2.53. The first-order chi connectivity index (χ1) is 8.85. The zero-order chi connectivity index (χ0) is 11.9. The van der Waals surface area contributed by atoms with Gasteiger partial charge in [0.15, 0.2) is 19.6 Å². The third-order valence-corrected chi connectivity index (χ3v) is 3.34. The summed E-state index contributed by atoms with van der Waals surface area (Å²) in [4.78, 5) is 0. The molecule has 6 nitrogen and oxygen atoms in total. The number of nitrogens with zero attached hydrogens (tertiary/aromatic N) is 3. The van der Waals surface area contributed by atoms with Gasteiger partial charge < -0.3 is 14.2 Å². The molecule has 1 aromatic heterocycles. The Morgan fingerprint density at radius 2 is 0.944 bits per heavy atom. The maximum atomic E-state index is 5.29. The summed E-state index contributed by atoms with van der Waals surface area (Å²) in [6.07, 6.45) is 7.59. The smallest absolute Gasteiger partial charge is 0.366 e. The molecule has 3 fully saturated rings. The van der Waals surface area contributed by atoms with Gasteiger partial charge in [0.1, 0.15) is 18.3 Å². The molecule has 0 saturated carbocycles. The topological polar surface area (TPSA) is 49.2 Å². The van der Waals surface area contributed by atoms with Crippen molar-refractivity contribution in [3.05, 3.63) is 19.0 Å². The van der Waals surface area contributed by atoms with Crippen LogP contribution in [0.15, 0.2) is 19.0 Å². The van der Waals surface area contributed by atoms with Gasteiger partial charge >= 0.3 is 19.0 Å². The fraction of sp³-hybridized carbons (Fsp3) is 0.750. The fourth-order valence-corrected chi connectivity index (χ4v) is 2.17. The van der Waals surface area contributed by atoms with E-state index in [-0.39, 0.29) is 0 Å².